The van der Waals surface area contributed by atoms with Crippen molar-refractivity contribution in [2.45, 2.75) is 45.1 Å². The van der Waals surface area contributed by atoms with Crippen LogP contribution in [-0.2, 0) is 4.79 Å². The van der Waals surface area contributed by atoms with E-state index in [1.54, 1.807) is 0 Å². The Balaban J connectivity index is 1.94. The molecule has 0 radical (unpaired) electrons. The maximum atomic E-state index is 12.1. The molecule has 1 fully saturated rings. The molecule has 3 nitrogen and oxygen atoms in total. The average Bonchev–Trinajstić information content (AvgIpc) is 2.40. The molecular formula is C15H22N2O. The van der Waals surface area contributed by atoms with Crippen LogP contribution in [0.3, 0.4) is 0 Å². The van der Waals surface area contributed by atoms with Gasteiger partial charge in [0.1, 0.15) is 0 Å². The molecule has 1 amide bonds. The lowest BCUT2D eigenvalue weighted by atomic mass is 9.88. The summed E-state index contributed by atoms with van der Waals surface area (Å²) in [6.07, 6.45) is 5.70. The molecule has 0 heterocycles. The van der Waals surface area contributed by atoms with Gasteiger partial charge in [-0.1, -0.05) is 31.4 Å². The van der Waals surface area contributed by atoms with Crippen molar-refractivity contribution >= 4 is 11.6 Å². The van der Waals surface area contributed by atoms with Gasteiger partial charge in [0.25, 0.3) is 0 Å². The van der Waals surface area contributed by atoms with Gasteiger partial charge in [0.15, 0.2) is 0 Å². The van der Waals surface area contributed by atoms with E-state index in [-0.39, 0.29) is 17.9 Å². The summed E-state index contributed by atoms with van der Waals surface area (Å²) in [6.45, 7) is 1.95. The highest BCUT2D eigenvalue weighted by atomic mass is 16.1. The Hall–Kier alpha value is -1.35. The zero-order valence-electron chi connectivity index (χ0n) is 11.0. The van der Waals surface area contributed by atoms with Crippen LogP contribution in [0.4, 0.5) is 5.69 Å². The molecule has 0 aliphatic heterocycles. The fraction of sp³-hybridized carbons (Fsp3) is 0.533. The van der Waals surface area contributed by atoms with Gasteiger partial charge < -0.3 is 11.1 Å². The van der Waals surface area contributed by atoms with Crippen LogP contribution in [0, 0.1) is 5.92 Å². The number of benzene rings is 1. The van der Waals surface area contributed by atoms with E-state index in [2.05, 4.69) is 5.32 Å². The number of rotatable bonds is 3. The Kier molecular flexibility index (Phi) is 4.37. The van der Waals surface area contributed by atoms with E-state index in [0.29, 0.717) is 0 Å². The Morgan fingerprint density at radius 2 is 1.83 bits per heavy atom. The zero-order valence-corrected chi connectivity index (χ0v) is 11.0. The first-order valence-electron chi connectivity index (χ1n) is 6.83. The molecule has 1 saturated carbocycles. The Morgan fingerprint density at radius 3 is 2.39 bits per heavy atom. The van der Waals surface area contributed by atoms with Crippen molar-refractivity contribution in [3.63, 3.8) is 0 Å². The van der Waals surface area contributed by atoms with Gasteiger partial charge in [0.2, 0.25) is 5.91 Å². The Morgan fingerprint density at radius 1 is 1.22 bits per heavy atom. The molecule has 1 aliphatic rings. The molecule has 2 rings (SSSR count). The number of anilines is 1. The van der Waals surface area contributed by atoms with Gasteiger partial charge in [-0.2, -0.15) is 0 Å². The minimum absolute atomic E-state index is 0.0353. The summed E-state index contributed by atoms with van der Waals surface area (Å²) in [5.74, 6) is 0.370. The first kappa shape index (κ1) is 13.1. The van der Waals surface area contributed by atoms with Crippen LogP contribution in [0.2, 0.25) is 0 Å². The fourth-order valence-electron chi connectivity index (χ4n) is 2.48. The minimum Gasteiger partial charge on any atom is -0.326 e. The van der Waals surface area contributed by atoms with Crippen LogP contribution >= 0.6 is 0 Å². The van der Waals surface area contributed by atoms with Crippen molar-refractivity contribution in [2.75, 3.05) is 5.32 Å². The molecule has 18 heavy (non-hydrogen) atoms. The first-order chi connectivity index (χ1) is 8.66. The topological polar surface area (TPSA) is 55.1 Å². The van der Waals surface area contributed by atoms with Gasteiger partial charge in [-0.15, -0.1) is 0 Å². The summed E-state index contributed by atoms with van der Waals surface area (Å²) < 4.78 is 0. The van der Waals surface area contributed by atoms with E-state index in [1.165, 1.54) is 19.3 Å². The summed E-state index contributed by atoms with van der Waals surface area (Å²) in [7, 11) is 0. The van der Waals surface area contributed by atoms with E-state index in [1.807, 2.05) is 31.2 Å². The van der Waals surface area contributed by atoms with Crippen molar-refractivity contribution in [1.82, 2.24) is 0 Å². The maximum Gasteiger partial charge on any atom is 0.227 e. The molecule has 98 valence electrons. The van der Waals surface area contributed by atoms with Gasteiger partial charge >= 0.3 is 0 Å². The van der Waals surface area contributed by atoms with Gasteiger partial charge in [-0.3, -0.25) is 4.79 Å². The molecule has 0 unspecified atom stereocenters. The van der Waals surface area contributed by atoms with Crippen LogP contribution in [-0.4, -0.2) is 5.91 Å². The number of hydrogen-bond donors (Lipinski definition) is 2. The second-order valence-corrected chi connectivity index (χ2v) is 5.23. The van der Waals surface area contributed by atoms with E-state index in [0.717, 1.165) is 24.1 Å². The standard InChI is InChI=1S/C15H22N2O/c1-11(16)12-7-9-14(10-8-12)17-15(18)13-5-3-2-4-6-13/h7-11,13H,2-6,16H2,1H3,(H,17,18)/t11-/m1/s1. The van der Waals surface area contributed by atoms with Crippen LogP contribution in [0.25, 0.3) is 0 Å². The molecule has 3 heteroatoms. The van der Waals surface area contributed by atoms with Crippen molar-refractivity contribution in [3.8, 4) is 0 Å². The number of carbonyl (C=O) groups excluding carboxylic acids is 1. The highest BCUT2D eigenvalue weighted by molar-refractivity contribution is 5.92. The van der Waals surface area contributed by atoms with Crippen LogP contribution < -0.4 is 11.1 Å². The number of hydrogen-bond acceptors (Lipinski definition) is 2. The van der Waals surface area contributed by atoms with Gasteiger partial charge in [-0.05, 0) is 37.5 Å². The highest BCUT2D eigenvalue weighted by Crippen LogP contribution is 2.25. The molecule has 3 N–H and O–H groups in total. The van der Waals surface area contributed by atoms with Crippen molar-refractivity contribution < 1.29 is 4.79 Å². The lowest BCUT2D eigenvalue weighted by Gasteiger charge is -2.20. The van der Waals surface area contributed by atoms with Crippen molar-refractivity contribution in [2.24, 2.45) is 11.7 Å². The summed E-state index contributed by atoms with van der Waals surface area (Å²) in [4.78, 5) is 12.1. The Labute approximate surface area is 109 Å². The summed E-state index contributed by atoms with van der Waals surface area (Å²) in [5.41, 5.74) is 7.75. The molecule has 1 aromatic rings. The maximum absolute atomic E-state index is 12.1. The van der Waals surface area contributed by atoms with Crippen LogP contribution in [0.1, 0.15) is 50.6 Å². The molecule has 0 bridgehead atoms. The molecule has 0 spiro atoms. The lowest BCUT2D eigenvalue weighted by molar-refractivity contribution is -0.120. The van der Waals surface area contributed by atoms with E-state index in [4.69, 9.17) is 5.73 Å². The zero-order chi connectivity index (χ0) is 13.0. The number of amides is 1. The molecular weight excluding hydrogens is 224 g/mol. The molecule has 1 aromatic carbocycles. The third-order valence-electron chi connectivity index (χ3n) is 3.68. The number of nitrogens with one attached hydrogen (secondary N) is 1. The summed E-state index contributed by atoms with van der Waals surface area (Å²) in [5, 5.41) is 3.00. The molecule has 1 atom stereocenters. The third kappa shape index (κ3) is 3.33. The van der Waals surface area contributed by atoms with Crippen molar-refractivity contribution in [1.29, 1.82) is 0 Å². The predicted molar refractivity (Wildman–Crippen MR) is 74.2 cm³/mol. The quantitative estimate of drug-likeness (QED) is 0.860. The number of nitrogens with two attached hydrogens (primary N) is 1. The van der Waals surface area contributed by atoms with Crippen molar-refractivity contribution in [3.05, 3.63) is 29.8 Å². The monoisotopic (exact) mass is 246 g/mol. The molecule has 0 aromatic heterocycles. The summed E-state index contributed by atoms with van der Waals surface area (Å²) in [6, 6.07) is 7.84. The SMILES string of the molecule is C[C@@H](N)c1ccc(NC(=O)C2CCCCC2)cc1. The normalized spacial score (nSPS) is 18.3. The molecule has 1 aliphatic carbocycles. The van der Waals surface area contributed by atoms with Gasteiger partial charge in [0, 0.05) is 17.6 Å². The number of carbonyl (C=O) groups is 1. The first-order valence-corrected chi connectivity index (χ1v) is 6.83. The lowest BCUT2D eigenvalue weighted by Crippen LogP contribution is -2.24. The predicted octanol–water partition coefficient (Wildman–Crippen LogP) is 3.23. The van der Waals surface area contributed by atoms with Crippen LogP contribution in [0.5, 0.6) is 0 Å². The third-order valence-corrected chi connectivity index (χ3v) is 3.68. The Bertz CT molecular complexity index is 391. The van der Waals surface area contributed by atoms with E-state index >= 15 is 0 Å². The molecule has 0 saturated heterocycles. The largest absolute Gasteiger partial charge is 0.326 e. The average molecular weight is 246 g/mol. The second kappa shape index (κ2) is 6.01. The second-order valence-electron chi connectivity index (χ2n) is 5.23. The fourth-order valence-corrected chi connectivity index (χ4v) is 2.48. The summed E-state index contributed by atoms with van der Waals surface area (Å²) >= 11 is 0. The smallest absolute Gasteiger partial charge is 0.227 e. The van der Waals surface area contributed by atoms with E-state index < -0.39 is 0 Å². The minimum atomic E-state index is 0.0353. The van der Waals surface area contributed by atoms with Crippen LogP contribution in [0.15, 0.2) is 24.3 Å². The van der Waals surface area contributed by atoms with Gasteiger partial charge in [0.05, 0.1) is 0 Å². The van der Waals surface area contributed by atoms with Gasteiger partial charge in [-0.25, -0.2) is 0 Å². The van der Waals surface area contributed by atoms with E-state index in [9.17, 15) is 4.79 Å². The highest BCUT2D eigenvalue weighted by Gasteiger charge is 2.20.